The fraction of sp³-hybridized carbons (Fsp3) is 0.190. The molecule has 0 bridgehead atoms. The van der Waals surface area contributed by atoms with Crippen LogP contribution in [0, 0.1) is 10.1 Å². The minimum absolute atomic E-state index is 0.00924. The van der Waals surface area contributed by atoms with Crippen LogP contribution in [0.1, 0.15) is 15.9 Å². The summed E-state index contributed by atoms with van der Waals surface area (Å²) < 4.78 is 10.5. The van der Waals surface area contributed by atoms with Crippen molar-refractivity contribution in [1.82, 2.24) is 15.4 Å². The van der Waals surface area contributed by atoms with Gasteiger partial charge in [0.1, 0.15) is 6.33 Å². The number of nitrogens with one attached hydrogen (secondary N) is 3. The number of aromatic nitrogens is 2. The monoisotopic (exact) mass is 472 g/mol. The number of amides is 1. The number of hydrazine groups is 1. The number of benzene rings is 2. The molecule has 3 N–H and O–H groups in total. The normalized spacial score (nSPS) is 10.3. The lowest BCUT2D eigenvalue weighted by Gasteiger charge is -2.12. The number of halogens is 1. The molecule has 0 aliphatic rings. The molecule has 172 valence electrons. The Morgan fingerprint density at radius 3 is 2.55 bits per heavy atom. The quantitative estimate of drug-likeness (QED) is 0.298. The van der Waals surface area contributed by atoms with Crippen LogP contribution in [0.2, 0.25) is 5.02 Å². The molecule has 0 saturated heterocycles. The Morgan fingerprint density at radius 1 is 1.09 bits per heavy atom. The van der Waals surface area contributed by atoms with Gasteiger partial charge in [-0.25, -0.2) is 9.97 Å². The molecule has 0 unspecified atom stereocenters. The van der Waals surface area contributed by atoms with E-state index >= 15 is 0 Å². The molecule has 11 nitrogen and oxygen atoms in total. The van der Waals surface area contributed by atoms with Crippen LogP contribution in [0.25, 0.3) is 0 Å². The van der Waals surface area contributed by atoms with Crippen molar-refractivity contribution < 1.29 is 19.2 Å². The van der Waals surface area contributed by atoms with Crippen LogP contribution in [-0.2, 0) is 6.42 Å². The van der Waals surface area contributed by atoms with E-state index in [0.29, 0.717) is 29.5 Å². The highest BCUT2D eigenvalue weighted by molar-refractivity contribution is 6.30. The average Bonchev–Trinajstić information content (AvgIpc) is 2.82. The van der Waals surface area contributed by atoms with Crippen LogP contribution in [0.3, 0.4) is 0 Å². The van der Waals surface area contributed by atoms with Crippen molar-refractivity contribution in [3.05, 3.63) is 75.1 Å². The number of nitrogens with zero attached hydrogens (tertiary/aromatic N) is 3. The molecule has 33 heavy (non-hydrogen) atoms. The van der Waals surface area contributed by atoms with Crippen LogP contribution >= 0.6 is 11.6 Å². The largest absolute Gasteiger partial charge is 0.493 e. The molecule has 0 fully saturated rings. The van der Waals surface area contributed by atoms with Gasteiger partial charge < -0.3 is 14.8 Å². The van der Waals surface area contributed by atoms with Gasteiger partial charge in [-0.3, -0.25) is 25.8 Å². The average molecular weight is 473 g/mol. The fourth-order valence-corrected chi connectivity index (χ4v) is 3.14. The summed E-state index contributed by atoms with van der Waals surface area (Å²) >= 11 is 5.89. The fourth-order valence-electron chi connectivity index (χ4n) is 2.95. The molecular formula is C21H21ClN6O5. The zero-order chi connectivity index (χ0) is 23.8. The van der Waals surface area contributed by atoms with Crippen molar-refractivity contribution in [2.24, 2.45) is 0 Å². The molecule has 0 atom stereocenters. The number of nitro groups is 1. The Kier molecular flexibility index (Phi) is 7.82. The lowest BCUT2D eigenvalue weighted by molar-refractivity contribution is -0.383. The van der Waals surface area contributed by atoms with E-state index in [1.165, 1.54) is 6.07 Å². The minimum atomic E-state index is -0.632. The first-order chi connectivity index (χ1) is 15.9. The zero-order valence-electron chi connectivity index (χ0n) is 17.8. The van der Waals surface area contributed by atoms with E-state index in [0.717, 1.165) is 11.9 Å². The Hall–Kier alpha value is -4.12. The highest BCUT2D eigenvalue weighted by atomic mass is 35.5. The standard InChI is InChI=1S/C21H21ClN6O5/c1-32-16-7-6-13(10-17(16)33-2)8-9-23-19-18(28(30)31)20(25-12-24-19)26-27-21(29)14-4-3-5-15(22)11-14/h3-7,10-12H,8-9H2,1-2H3,(H,27,29)(H2,23,24,25,26). The van der Waals surface area contributed by atoms with Gasteiger partial charge in [0.25, 0.3) is 5.91 Å². The van der Waals surface area contributed by atoms with Crippen LogP contribution in [0.4, 0.5) is 17.3 Å². The van der Waals surface area contributed by atoms with Gasteiger partial charge in [0.05, 0.1) is 19.1 Å². The molecule has 0 aliphatic carbocycles. The van der Waals surface area contributed by atoms with E-state index in [9.17, 15) is 14.9 Å². The van der Waals surface area contributed by atoms with Crippen molar-refractivity contribution in [1.29, 1.82) is 0 Å². The molecule has 0 spiro atoms. The second-order valence-electron chi connectivity index (χ2n) is 6.63. The summed E-state index contributed by atoms with van der Waals surface area (Å²) in [6.45, 7) is 0.349. The first kappa shape index (κ1) is 23.5. The maximum Gasteiger partial charge on any atom is 0.354 e. The summed E-state index contributed by atoms with van der Waals surface area (Å²) in [7, 11) is 3.10. The summed E-state index contributed by atoms with van der Waals surface area (Å²) in [4.78, 5) is 31.2. The highest BCUT2D eigenvalue weighted by Crippen LogP contribution is 2.29. The Balaban J connectivity index is 1.68. The number of rotatable bonds is 10. The molecule has 1 amide bonds. The number of anilines is 2. The topological polar surface area (TPSA) is 141 Å². The predicted octanol–water partition coefficient (Wildman–Crippen LogP) is 3.47. The van der Waals surface area contributed by atoms with Gasteiger partial charge in [-0.15, -0.1) is 0 Å². The maximum absolute atomic E-state index is 12.3. The van der Waals surface area contributed by atoms with E-state index in [1.807, 2.05) is 12.1 Å². The first-order valence-electron chi connectivity index (χ1n) is 9.69. The minimum Gasteiger partial charge on any atom is -0.493 e. The first-order valence-corrected chi connectivity index (χ1v) is 10.1. The number of carbonyl (C=O) groups excluding carboxylic acids is 1. The van der Waals surface area contributed by atoms with Crippen LogP contribution < -0.4 is 25.6 Å². The summed E-state index contributed by atoms with van der Waals surface area (Å²) in [6, 6.07) is 11.7. The van der Waals surface area contributed by atoms with Gasteiger partial charge in [-0.2, -0.15) is 0 Å². The molecule has 1 aromatic heterocycles. The summed E-state index contributed by atoms with van der Waals surface area (Å²) in [5.41, 5.74) is 5.66. The van der Waals surface area contributed by atoms with Gasteiger partial charge in [-0.05, 0) is 42.3 Å². The van der Waals surface area contributed by atoms with Gasteiger partial charge in [0, 0.05) is 17.1 Å². The molecule has 12 heteroatoms. The molecule has 3 rings (SSSR count). The number of hydrogen-bond donors (Lipinski definition) is 3. The SMILES string of the molecule is COc1ccc(CCNc2ncnc(NNC(=O)c3cccc(Cl)c3)c2[N+](=O)[O-])cc1OC. The molecule has 0 radical (unpaired) electrons. The van der Waals surface area contributed by atoms with Crippen molar-refractivity contribution in [2.45, 2.75) is 6.42 Å². The van der Waals surface area contributed by atoms with Crippen molar-refractivity contribution in [3.63, 3.8) is 0 Å². The third-order valence-electron chi connectivity index (χ3n) is 4.54. The van der Waals surface area contributed by atoms with Gasteiger partial charge in [0.2, 0.25) is 11.6 Å². The predicted molar refractivity (Wildman–Crippen MR) is 123 cm³/mol. The van der Waals surface area contributed by atoms with Crippen LogP contribution in [0.5, 0.6) is 11.5 Å². The van der Waals surface area contributed by atoms with Crippen LogP contribution in [-0.4, -0.2) is 41.6 Å². The summed E-state index contributed by atoms with van der Waals surface area (Å²) in [5.74, 6) is 0.503. The van der Waals surface area contributed by atoms with Crippen molar-refractivity contribution >= 4 is 34.8 Å². The van der Waals surface area contributed by atoms with Crippen molar-refractivity contribution in [2.75, 3.05) is 31.5 Å². The molecule has 2 aromatic carbocycles. The third kappa shape index (κ3) is 5.98. The Morgan fingerprint density at radius 2 is 1.85 bits per heavy atom. The number of methoxy groups -OCH3 is 2. The van der Waals surface area contributed by atoms with E-state index < -0.39 is 16.5 Å². The summed E-state index contributed by atoms with van der Waals surface area (Å²) in [5, 5.41) is 15.0. The second-order valence-corrected chi connectivity index (χ2v) is 7.07. The van der Waals surface area contributed by atoms with E-state index in [4.69, 9.17) is 21.1 Å². The van der Waals surface area contributed by atoms with Gasteiger partial charge >= 0.3 is 5.69 Å². The molecular weight excluding hydrogens is 452 g/mol. The maximum atomic E-state index is 12.3. The third-order valence-corrected chi connectivity index (χ3v) is 4.78. The Labute approximate surface area is 194 Å². The van der Waals surface area contributed by atoms with E-state index in [1.54, 1.807) is 38.5 Å². The number of hydrogen-bond acceptors (Lipinski definition) is 9. The molecule has 0 aliphatic heterocycles. The molecule has 1 heterocycles. The number of ether oxygens (including phenoxy) is 2. The van der Waals surface area contributed by atoms with Crippen LogP contribution in [0.15, 0.2) is 48.8 Å². The van der Waals surface area contributed by atoms with E-state index in [2.05, 4.69) is 26.1 Å². The molecule has 3 aromatic rings. The van der Waals surface area contributed by atoms with Gasteiger partial charge in [-0.1, -0.05) is 23.7 Å². The smallest absolute Gasteiger partial charge is 0.354 e. The van der Waals surface area contributed by atoms with Crippen molar-refractivity contribution in [3.8, 4) is 11.5 Å². The Bertz CT molecular complexity index is 1160. The van der Waals surface area contributed by atoms with E-state index in [-0.39, 0.29) is 17.2 Å². The van der Waals surface area contributed by atoms with Gasteiger partial charge in [0.15, 0.2) is 11.5 Å². The number of carbonyl (C=O) groups is 1. The lowest BCUT2D eigenvalue weighted by Crippen LogP contribution is -2.30. The lowest BCUT2D eigenvalue weighted by atomic mass is 10.1. The highest BCUT2D eigenvalue weighted by Gasteiger charge is 2.23. The second kappa shape index (κ2) is 11.0. The molecule has 0 saturated carbocycles. The summed E-state index contributed by atoms with van der Waals surface area (Å²) in [6.07, 6.45) is 1.69. The zero-order valence-corrected chi connectivity index (χ0v) is 18.5.